The van der Waals surface area contributed by atoms with E-state index in [2.05, 4.69) is 40.6 Å². The zero-order valence-electron chi connectivity index (χ0n) is 14.6. The molecule has 1 amide bonds. The number of rotatable bonds is 3. The Morgan fingerprint density at radius 1 is 0.962 bits per heavy atom. The van der Waals surface area contributed by atoms with Crippen LogP contribution in [0.5, 0.6) is 0 Å². The number of aromatic nitrogens is 1. The van der Waals surface area contributed by atoms with E-state index in [1.165, 1.54) is 16.7 Å². The number of nitrogens with zero attached hydrogens (tertiary/aromatic N) is 1. The van der Waals surface area contributed by atoms with Gasteiger partial charge in [-0.25, -0.2) is 4.98 Å². The molecule has 4 aromatic rings. The van der Waals surface area contributed by atoms with Gasteiger partial charge in [-0.3, -0.25) is 10.1 Å². The summed E-state index contributed by atoms with van der Waals surface area (Å²) in [5, 5.41) is 7.85. The number of fused-ring (bicyclic) bond motifs is 1. The first-order valence-corrected chi connectivity index (χ1v) is 9.31. The molecule has 0 fully saturated rings. The van der Waals surface area contributed by atoms with Crippen molar-refractivity contribution < 1.29 is 4.79 Å². The number of amides is 1. The largest absolute Gasteiger partial charge is 0.298 e. The molecule has 0 aliphatic rings. The van der Waals surface area contributed by atoms with Gasteiger partial charge in [-0.1, -0.05) is 59.7 Å². The van der Waals surface area contributed by atoms with Gasteiger partial charge < -0.3 is 0 Å². The Hall–Kier alpha value is -2.98. The Balaban J connectivity index is 1.63. The van der Waals surface area contributed by atoms with Crippen LogP contribution in [-0.4, -0.2) is 10.9 Å². The van der Waals surface area contributed by atoms with Crippen LogP contribution in [0, 0.1) is 13.8 Å². The molecule has 0 saturated carbocycles. The molecule has 26 heavy (non-hydrogen) atoms. The fraction of sp³-hybridized carbons (Fsp3) is 0.0909. The molecule has 0 aliphatic heterocycles. The molecule has 1 aromatic heterocycles. The van der Waals surface area contributed by atoms with E-state index in [9.17, 15) is 4.79 Å². The smallest absolute Gasteiger partial charge is 0.257 e. The molecule has 3 nitrogen and oxygen atoms in total. The normalized spacial score (nSPS) is 10.8. The average Bonchev–Trinajstić information content (AvgIpc) is 3.08. The van der Waals surface area contributed by atoms with Crippen molar-refractivity contribution in [3.05, 3.63) is 82.7 Å². The third kappa shape index (κ3) is 3.24. The number of hydrogen-bond acceptors (Lipinski definition) is 3. The lowest BCUT2D eigenvalue weighted by Crippen LogP contribution is -2.12. The number of carbonyl (C=O) groups is 1. The zero-order valence-corrected chi connectivity index (χ0v) is 15.4. The molecule has 4 rings (SSSR count). The SMILES string of the molecule is Cc1cc(C)cc(C(=O)Nc2nc(-c3cccc4ccccc34)cs2)c1. The number of benzene rings is 3. The Kier molecular flexibility index (Phi) is 4.27. The lowest BCUT2D eigenvalue weighted by atomic mass is 10.0. The fourth-order valence-corrected chi connectivity index (χ4v) is 3.88. The van der Waals surface area contributed by atoms with Crippen LogP contribution < -0.4 is 5.32 Å². The van der Waals surface area contributed by atoms with Crippen molar-refractivity contribution in [2.45, 2.75) is 13.8 Å². The van der Waals surface area contributed by atoms with Gasteiger partial charge in [0.2, 0.25) is 0 Å². The van der Waals surface area contributed by atoms with E-state index in [4.69, 9.17) is 0 Å². The maximum Gasteiger partial charge on any atom is 0.257 e. The summed E-state index contributed by atoms with van der Waals surface area (Å²) in [6.07, 6.45) is 0. The standard InChI is InChI=1S/C22H18N2OS/c1-14-10-15(2)12-17(11-14)21(25)24-22-23-20(13-26-22)19-9-5-7-16-6-3-4-8-18(16)19/h3-13H,1-2H3,(H,23,24,25). The topological polar surface area (TPSA) is 42.0 Å². The van der Waals surface area contributed by atoms with E-state index in [-0.39, 0.29) is 5.91 Å². The van der Waals surface area contributed by atoms with Crippen molar-refractivity contribution in [2.24, 2.45) is 0 Å². The van der Waals surface area contributed by atoms with Crippen LogP contribution in [-0.2, 0) is 0 Å². The van der Waals surface area contributed by atoms with Gasteiger partial charge in [-0.2, -0.15) is 0 Å². The maximum absolute atomic E-state index is 12.5. The molecule has 1 N–H and O–H groups in total. The highest BCUT2D eigenvalue weighted by molar-refractivity contribution is 7.14. The highest BCUT2D eigenvalue weighted by Gasteiger charge is 2.12. The summed E-state index contributed by atoms with van der Waals surface area (Å²) in [5.74, 6) is -0.129. The molecule has 0 spiro atoms. The molecule has 0 radical (unpaired) electrons. The third-order valence-corrected chi connectivity index (χ3v) is 5.03. The van der Waals surface area contributed by atoms with Crippen molar-refractivity contribution in [1.82, 2.24) is 4.98 Å². The number of thiazole rings is 1. The number of hydrogen-bond donors (Lipinski definition) is 1. The van der Waals surface area contributed by atoms with Gasteiger partial charge in [-0.15, -0.1) is 11.3 Å². The summed E-state index contributed by atoms with van der Waals surface area (Å²) in [7, 11) is 0. The molecule has 1 heterocycles. The Labute approximate surface area is 156 Å². The molecule has 0 unspecified atom stereocenters. The first kappa shape index (κ1) is 16.5. The van der Waals surface area contributed by atoms with Gasteiger partial charge in [0.25, 0.3) is 5.91 Å². The van der Waals surface area contributed by atoms with Crippen LogP contribution in [0.3, 0.4) is 0 Å². The highest BCUT2D eigenvalue weighted by Crippen LogP contribution is 2.31. The molecule has 4 heteroatoms. The van der Waals surface area contributed by atoms with Crippen LogP contribution >= 0.6 is 11.3 Å². The zero-order chi connectivity index (χ0) is 18.1. The Morgan fingerprint density at radius 2 is 1.69 bits per heavy atom. The molecule has 0 saturated heterocycles. The average molecular weight is 358 g/mol. The van der Waals surface area contributed by atoms with E-state index in [1.54, 1.807) is 0 Å². The lowest BCUT2D eigenvalue weighted by Gasteiger charge is -2.05. The van der Waals surface area contributed by atoms with Crippen molar-refractivity contribution in [1.29, 1.82) is 0 Å². The van der Waals surface area contributed by atoms with Crippen LogP contribution in [0.25, 0.3) is 22.0 Å². The minimum absolute atomic E-state index is 0.129. The summed E-state index contributed by atoms with van der Waals surface area (Å²) in [6.45, 7) is 3.98. The minimum Gasteiger partial charge on any atom is -0.298 e. The second-order valence-electron chi connectivity index (χ2n) is 6.40. The second-order valence-corrected chi connectivity index (χ2v) is 7.25. The molecule has 0 atom stereocenters. The summed E-state index contributed by atoms with van der Waals surface area (Å²) in [6, 6.07) is 20.3. The summed E-state index contributed by atoms with van der Waals surface area (Å²) < 4.78 is 0. The first-order valence-electron chi connectivity index (χ1n) is 8.43. The Bertz CT molecular complexity index is 1090. The van der Waals surface area contributed by atoms with E-state index in [0.717, 1.165) is 27.8 Å². The third-order valence-electron chi connectivity index (χ3n) is 4.27. The number of carbonyl (C=O) groups excluding carboxylic acids is 1. The second kappa shape index (κ2) is 6.73. The molecular formula is C22H18N2OS. The van der Waals surface area contributed by atoms with Crippen molar-refractivity contribution >= 4 is 33.1 Å². The van der Waals surface area contributed by atoms with Gasteiger partial charge in [-0.05, 0) is 36.8 Å². The monoisotopic (exact) mass is 358 g/mol. The molecule has 0 bridgehead atoms. The summed E-state index contributed by atoms with van der Waals surface area (Å²) >= 11 is 1.44. The van der Waals surface area contributed by atoms with E-state index in [0.29, 0.717) is 10.7 Å². The van der Waals surface area contributed by atoms with E-state index < -0.39 is 0 Å². The van der Waals surface area contributed by atoms with Crippen LogP contribution in [0.4, 0.5) is 5.13 Å². The van der Waals surface area contributed by atoms with Gasteiger partial charge in [0.05, 0.1) is 5.69 Å². The van der Waals surface area contributed by atoms with Crippen molar-refractivity contribution in [3.8, 4) is 11.3 Å². The lowest BCUT2D eigenvalue weighted by molar-refractivity contribution is 0.102. The van der Waals surface area contributed by atoms with Crippen molar-refractivity contribution in [2.75, 3.05) is 5.32 Å². The van der Waals surface area contributed by atoms with Crippen LogP contribution in [0.1, 0.15) is 21.5 Å². The fourth-order valence-electron chi connectivity index (χ4n) is 3.18. The number of anilines is 1. The van der Waals surface area contributed by atoms with Gasteiger partial charge in [0.15, 0.2) is 5.13 Å². The molecule has 128 valence electrons. The quantitative estimate of drug-likeness (QED) is 0.500. The van der Waals surface area contributed by atoms with Crippen molar-refractivity contribution in [3.63, 3.8) is 0 Å². The maximum atomic E-state index is 12.5. The summed E-state index contributed by atoms with van der Waals surface area (Å²) in [5.41, 5.74) is 4.76. The predicted molar refractivity (Wildman–Crippen MR) is 109 cm³/mol. The van der Waals surface area contributed by atoms with Crippen LogP contribution in [0.15, 0.2) is 66.0 Å². The highest BCUT2D eigenvalue weighted by atomic mass is 32.1. The molecule has 3 aromatic carbocycles. The summed E-state index contributed by atoms with van der Waals surface area (Å²) in [4.78, 5) is 17.2. The molecular weight excluding hydrogens is 340 g/mol. The first-order chi connectivity index (χ1) is 12.6. The minimum atomic E-state index is -0.129. The van der Waals surface area contributed by atoms with Crippen LogP contribution in [0.2, 0.25) is 0 Å². The van der Waals surface area contributed by atoms with E-state index in [1.807, 2.05) is 49.6 Å². The Morgan fingerprint density at radius 3 is 2.50 bits per heavy atom. The number of aryl methyl sites for hydroxylation is 2. The number of nitrogens with one attached hydrogen (secondary N) is 1. The van der Waals surface area contributed by atoms with Gasteiger partial charge in [0.1, 0.15) is 0 Å². The van der Waals surface area contributed by atoms with E-state index >= 15 is 0 Å². The van der Waals surface area contributed by atoms with Gasteiger partial charge in [0, 0.05) is 16.5 Å². The predicted octanol–water partition coefficient (Wildman–Crippen LogP) is 5.83. The van der Waals surface area contributed by atoms with Gasteiger partial charge >= 0.3 is 0 Å². The molecule has 0 aliphatic carbocycles.